The minimum absolute atomic E-state index is 0.262. The maximum absolute atomic E-state index is 6.01. The van der Waals surface area contributed by atoms with Crippen molar-refractivity contribution in [2.75, 3.05) is 5.32 Å². The highest BCUT2D eigenvalue weighted by Crippen LogP contribution is 2.17. The molecule has 19 heavy (non-hydrogen) atoms. The van der Waals surface area contributed by atoms with Crippen LogP contribution in [0.25, 0.3) is 0 Å². The largest absolute Gasteiger partial charge is 0.366 e. The summed E-state index contributed by atoms with van der Waals surface area (Å²) in [4.78, 5) is 8.68. The topological polar surface area (TPSA) is 37.8 Å². The van der Waals surface area contributed by atoms with Gasteiger partial charge in [0.2, 0.25) is 0 Å². The second kappa shape index (κ2) is 6.02. The fourth-order valence-electron chi connectivity index (χ4n) is 1.80. The van der Waals surface area contributed by atoms with E-state index in [1.165, 1.54) is 11.1 Å². The third-order valence-corrected chi connectivity index (χ3v) is 2.98. The van der Waals surface area contributed by atoms with E-state index in [1.807, 2.05) is 0 Å². The van der Waals surface area contributed by atoms with Gasteiger partial charge >= 0.3 is 0 Å². The molecule has 0 radical (unpaired) electrons. The first-order valence-corrected chi connectivity index (χ1v) is 6.76. The fourth-order valence-corrected chi connectivity index (χ4v) is 1.99. The molecule has 4 heteroatoms. The smallest absolute Gasteiger partial charge is 0.135 e. The number of rotatable bonds is 4. The zero-order valence-electron chi connectivity index (χ0n) is 11.4. The van der Waals surface area contributed by atoms with Gasteiger partial charge in [0.05, 0.1) is 0 Å². The van der Waals surface area contributed by atoms with E-state index >= 15 is 0 Å². The van der Waals surface area contributed by atoms with Gasteiger partial charge in [-0.05, 0) is 12.5 Å². The third kappa shape index (κ3) is 3.93. The number of aromatic nitrogens is 2. The number of halogens is 1. The van der Waals surface area contributed by atoms with E-state index in [-0.39, 0.29) is 5.92 Å². The number of aryl methyl sites for hydroxylation is 1. The lowest BCUT2D eigenvalue weighted by Crippen LogP contribution is -2.05. The van der Waals surface area contributed by atoms with Crippen LogP contribution in [-0.2, 0) is 6.54 Å². The second-order valence-corrected chi connectivity index (χ2v) is 5.32. The van der Waals surface area contributed by atoms with Crippen LogP contribution < -0.4 is 5.32 Å². The average molecular weight is 276 g/mol. The quantitative estimate of drug-likeness (QED) is 0.851. The zero-order valence-corrected chi connectivity index (χ0v) is 12.2. The van der Waals surface area contributed by atoms with Gasteiger partial charge in [-0.25, -0.2) is 9.97 Å². The van der Waals surface area contributed by atoms with Crippen LogP contribution in [0.1, 0.15) is 36.7 Å². The summed E-state index contributed by atoms with van der Waals surface area (Å²) in [6.07, 6.45) is 0. The van der Waals surface area contributed by atoms with Gasteiger partial charge in [0.15, 0.2) is 0 Å². The Morgan fingerprint density at radius 1 is 1.21 bits per heavy atom. The molecule has 0 saturated carbocycles. The first-order valence-electron chi connectivity index (χ1n) is 6.38. The first kappa shape index (κ1) is 13.8. The predicted molar refractivity (Wildman–Crippen MR) is 79.6 cm³/mol. The summed E-state index contributed by atoms with van der Waals surface area (Å²) in [6.45, 7) is 6.92. The monoisotopic (exact) mass is 275 g/mol. The van der Waals surface area contributed by atoms with Crippen molar-refractivity contribution in [3.8, 4) is 0 Å². The molecule has 1 N–H and O–H groups in total. The molecule has 0 bridgehead atoms. The van der Waals surface area contributed by atoms with Gasteiger partial charge in [0, 0.05) is 18.5 Å². The Morgan fingerprint density at radius 3 is 2.68 bits per heavy atom. The molecular weight excluding hydrogens is 258 g/mol. The van der Waals surface area contributed by atoms with E-state index in [1.54, 1.807) is 6.07 Å². The second-order valence-electron chi connectivity index (χ2n) is 4.93. The highest BCUT2D eigenvalue weighted by Gasteiger charge is 2.06. The Bertz CT molecular complexity index is 567. The number of hydrogen-bond acceptors (Lipinski definition) is 3. The number of benzene rings is 1. The van der Waals surface area contributed by atoms with Gasteiger partial charge in [-0.2, -0.15) is 0 Å². The van der Waals surface area contributed by atoms with Crippen molar-refractivity contribution >= 4 is 17.4 Å². The Hall–Kier alpha value is -1.61. The Labute approximate surface area is 119 Å². The van der Waals surface area contributed by atoms with Crippen LogP contribution >= 0.6 is 11.6 Å². The molecule has 1 aromatic carbocycles. The molecule has 3 nitrogen and oxygen atoms in total. The number of nitrogens with one attached hydrogen (secondary N) is 1. The standard InChI is InChI=1S/C15H18ClN3/c1-10(2)15-18-13(16)8-14(19-15)17-9-12-6-4-5-11(3)7-12/h4-8,10H,9H2,1-3H3,(H,17,18,19). The van der Waals surface area contributed by atoms with E-state index in [2.05, 4.69) is 60.3 Å². The highest BCUT2D eigenvalue weighted by molar-refractivity contribution is 6.29. The van der Waals surface area contributed by atoms with Crippen molar-refractivity contribution in [2.45, 2.75) is 33.2 Å². The summed E-state index contributed by atoms with van der Waals surface area (Å²) >= 11 is 6.01. The predicted octanol–water partition coefficient (Wildman–Crippen LogP) is 4.17. The summed E-state index contributed by atoms with van der Waals surface area (Å²) in [5.41, 5.74) is 2.48. The molecule has 0 aliphatic rings. The van der Waals surface area contributed by atoms with E-state index in [9.17, 15) is 0 Å². The summed E-state index contributed by atoms with van der Waals surface area (Å²) in [7, 11) is 0. The molecule has 2 rings (SSSR count). The molecule has 1 aromatic heterocycles. The van der Waals surface area contributed by atoms with Gasteiger partial charge in [0.1, 0.15) is 16.8 Å². The van der Waals surface area contributed by atoms with Gasteiger partial charge in [-0.15, -0.1) is 0 Å². The summed E-state index contributed by atoms with van der Waals surface area (Å²) in [5, 5.41) is 3.77. The molecule has 100 valence electrons. The molecule has 0 amide bonds. The van der Waals surface area contributed by atoms with Crippen LogP contribution in [0.2, 0.25) is 5.15 Å². The zero-order chi connectivity index (χ0) is 13.8. The van der Waals surface area contributed by atoms with Crippen LogP contribution in [0, 0.1) is 6.92 Å². The molecule has 1 heterocycles. The van der Waals surface area contributed by atoms with E-state index in [0.29, 0.717) is 5.15 Å². The van der Waals surface area contributed by atoms with Crippen molar-refractivity contribution in [1.29, 1.82) is 0 Å². The summed E-state index contributed by atoms with van der Waals surface area (Å²) in [6, 6.07) is 10.1. The van der Waals surface area contributed by atoms with Gasteiger partial charge in [-0.3, -0.25) is 0 Å². The Kier molecular flexibility index (Phi) is 4.38. The van der Waals surface area contributed by atoms with E-state index in [0.717, 1.165) is 18.2 Å². The van der Waals surface area contributed by atoms with E-state index < -0.39 is 0 Å². The third-order valence-electron chi connectivity index (χ3n) is 2.78. The summed E-state index contributed by atoms with van der Waals surface area (Å²) in [5.74, 6) is 1.79. The number of nitrogens with zero attached hydrogens (tertiary/aromatic N) is 2. The lowest BCUT2D eigenvalue weighted by Gasteiger charge is -2.10. The molecule has 0 unspecified atom stereocenters. The van der Waals surface area contributed by atoms with Crippen molar-refractivity contribution in [3.05, 3.63) is 52.4 Å². The van der Waals surface area contributed by atoms with Crippen LogP contribution in [-0.4, -0.2) is 9.97 Å². The first-order chi connectivity index (χ1) is 9.04. The number of hydrogen-bond donors (Lipinski definition) is 1. The highest BCUT2D eigenvalue weighted by atomic mass is 35.5. The van der Waals surface area contributed by atoms with Crippen molar-refractivity contribution in [2.24, 2.45) is 0 Å². The average Bonchev–Trinajstić information content (AvgIpc) is 2.36. The van der Waals surface area contributed by atoms with Crippen molar-refractivity contribution in [1.82, 2.24) is 9.97 Å². The SMILES string of the molecule is Cc1cccc(CNc2cc(Cl)nc(C(C)C)n2)c1. The van der Waals surface area contributed by atoms with Crippen molar-refractivity contribution in [3.63, 3.8) is 0 Å². The maximum Gasteiger partial charge on any atom is 0.135 e. The molecule has 0 atom stereocenters. The van der Waals surface area contributed by atoms with E-state index in [4.69, 9.17) is 11.6 Å². The molecular formula is C15H18ClN3. The Balaban J connectivity index is 2.11. The minimum atomic E-state index is 0.262. The molecule has 0 spiro atoms. The normalized spacial score (nSPS) is 10.8. The van der Waals surface area contributed by atoms with Gasteiger partial charge in [0.25, 0.3) is 0 Å². The number of anilines is 1. The van der Waals surface area contributed by atoms with Crippen LogP contribution in [0.15, 0.2) is 30.3 Å². The fraction of sp³-hybridized carbons (Fsp3) is 0.333. The lowest BCUT2D eigenvalue weighted by molar-refractivity contribution is 0.774. The maximum atomic E-state index is 6.01. The lowest BCUT2D eigenvalue weighted by atomic mass is 10.1. The van der Waals surface area contributed by atoms with Crippen LogP contribution in [0.4, 0.5) is 5.82 Å². The summed E-state index contributed by atoms with van der Waals surface area (Å²) < 4.78 is 0. The molecule has 0 aliphatic heterocycles. The van der Waals surface area contributed by atoms with Crippen LogP contribution in [0.5, 0.6) is 0 Å². The molecule has 0 saturated heterocycles. The minimum Gasteiger partial charge on any atom is -0.366 e. The van der Waals surface area contributed by atoms with Crippen molar-refractivity contribution < 1.29 is 0 Å². The van der Waals surface area contributed by atoms with Crippen LogP contribution in [0.3, 0.4) is 0 Å². The Morgan fingerprint density at radius 2 is 2.00 bits per heavy atom. The van der Waals surface area contributed by atoms with Gasteiger partial charge in [-0.1, -0.05) is 55.3 Å². The molecule has 0 aliphatic carbocycles. The van der Waals surface area contributed by atoms with Gasteiger partial charge < -0.3 is 5.32 Å². The molecule has 2 aromatic rings. The molecule has 0 fully saturated rings.